The summed E-state index contributed by atoms with van der Waals surface area (Å²) in [6, 6.07) is 0. The van der Waals surface area contributed by atoms with Crippen LogP contribution in [0, 0.1) is 0 Å². The van der Waals surface area contributed by atoms with Crippen molar-refractivity contribution in [2.24, 2.45) is 0 Å². The van der Waals surface area contributed by atoms with Gasteiger partial charge in [0.25, 0.3) is 0 Å². The lowest BCUT2D eigenvalue weighted by molar-refractivity contribution is 1.37. The smallest absolute Gasteiger partial charge is 0.384 e. The van der Waals surface area contributed by atoms with Gasteiger partial charge in [0.15, 0.2) is 0 Å². The fraction of sp³-hybridized carbons (Fsp3) is 0. The van der Waals surface area contributed by atoms with Gasteiger partial charge in [0, 0.05) is 12.4 Å². The minimum absolute atomic E-state index is 1.75. The SMILES string of the molecule is [B]1NC=CN1. The molecule has 0 aromatic rings. The standard InChI is InChI=1S/C2H4BN2/c1-2-5-3-4-1/h1-2,4-5H. The third kappa shape index (κ3) is 0.346. The molecular formula is C2H4BN2. The summed E-state index contributed by atoms with van der Waals surface area (Å²) in [5.74, 6) is 0. The van der Waals surface area contributed by atoms with Crippen molar-refractivity contribution in [1.29, 1.82) is 0 Å². The molecule has 5 heavy (non-hydrogen) atoms. The van der Waals surface area contributed by atoms with E-state index in [4.69, 9.17) is 0 Å². The van der Waals surface area contributed by atoms with E-state index >= 15 is 0 Å². The lowest BCUT2D eigenvalue weighted by Gasteiger charge is -1.76. The van der Waals surface area contributed by atoms with E-state index < -0.39 is 0 Å². The van der Waals surface area contributed by atoms with Crippen LogP contribution in [0.15, 0.2) is 12.4 Å². The van der Waals surface area contributed by atoms with E-state index in [0.29, 0.717) is 0 Å². The minimum atomic E-state index is 1.75. The molecule has 25 valence electrons. The Morgan fingerprint density at radius 3 is 2.00 bits per heavy atom. The van der Waals surface area contributed by atoms with E-state index in [1.54, 1.807) is 7.55 Å². The van der Waals surface area contributed by atoms with Gasteiger partial charge in [-0.15, -0.1) is 0 Å². The van der Waals surface area contributed by atoms with E-state index in [9.17, 15) is 0 Å². The van der Waals surface area contributed by atoms with Crippen LogP contribution in [0.25, 0.3) is 0 Å². The van der Waals surface area contributed by atoms with Gasteiger partial charge in [-0.2, -0.15) is 0 Å². The summed E-state index contributed by atoms with van der Waals surface area (Å²) in [6.07, 6.45) is 3.64. The predicted molar refractivity (Wildman–Crippen MR) is 21.2 cm³/mol. The molecule has 0 saturated carbocycles. The van der Waals surface area contributed by atoms with E-state index in [2.05, 4.69) is 10.5 Å². The molecule has 0 aliphatic carbocycles. The first-order valence-electron chi connectivity index (χ1n) is 1.49. The van der Waals surface area contributed by atoms with Gasteiger partial charge >= 0.3 is 7.55 Å². The summed E-state index contributed by atoms with van der Waals surface area (Å²) in [4.78, 5) is 0. The molecule has 1 aliphatic heterocycles. The van der Waals surface area contributed by atoms with Gasteiger partial charge in [-0.25, -0.2) is 0 Å². The van der Waals surface area contributed by atoms with Crippen molar-refractivity contribution in [2.45, 2.75) is 0 Å². The molecule has 1 radical (unpaired) electrons. The van der Waals surface area contributed by atoms with Crippen molar-refractivity contribution in [3.05, 3.63) is 12.4 Å². The molecular weight excluding hydrogens is 62.8 g/mol. The third-order valence-corrected chi connectivity index (χ3v) is 0.442. The highest BCUT2D eigenvalue weighted by molar-refractivity contribution is 6.30. The average Bonchev–Trinajstić information content (AvgIpc) is 1.76. The first kappa shape index (κ1) is 2.63. The molecule has 2 nitrogen and oxygen atoms in total. The first-order chi connectivity index (χ1) is 2.50. The zero-order valence-electron chi connectivity index (χ0n) is 2.73. The zero-order chi connectivity index (χ0) is 3.54. The molecule has 0 fully saturated rings. The Morgan fingerprint density at radius 2 is 1.80 bits per heavy atom. The van der Waals surface area contributed by atoms with Crippen molar-refractivity contribution >= 4 is 7.55 Å². The number of nitrogens with one attached hydrogen (secondary N) is 2. The van der Waals surface area contributed by atoms with Gasteiger partial charge in [-0.1, -0.05) is 0 Å². The molecule has 0 aromatic carbocycles. The van der Waals surface area contributed by atoms with Crippen molar-refractivity contribution in [2.75, 3.05) is 0 Å². The van der Waals surface area contributed by atoms with Gasteiger partial charge in [-0.3, -0.25) is 0 Å². The van der Waals surface area contributed by atoms with Gasteiger partial charge in [-0.05, 0) is 0 Å². The molecule has 1 aliphatic rings. The Kier molecular flexibility index (Phi) is 0.534. The highest BCUT2D eigenvalue weighted by atomic mass is 14.9. The summed E-state index contributed by atoms with van der Waals surface area (Å²) in [6.45, 7) is 0. The molecule has 0 atom stereocenters. The lowest BCUT2D eigenvalue weighted by Crippen LogP contribution is -2.16. The molecule has 1 rings (SSSR count). The molecule has 3 heteroatoms. The Hall–Kier alpha value is -0.595. The maximum Gasteiger partial charge on any atom is 0.384 e. The summed E-state index contributed by atoms with van der Waals surface area (Å²) in [5.41, 5.74) is 0. The highest BCUT2D eigenvalue weighted by Gasteiger charge is 1.84. The van der Waals surface area contributed by atoms with Crippen LogP contribution >= 0.6 is 0 Å². The van der Waals surface area contributed by atoms with E-state index in [-0.39, 0.29) is 0 Å². The molecule has 0 saturated heterocycles. The van der Waals surface area contributed by atoms with Gasteiger partial charge in [0.1, 0.15) is 0 Å². The monoisotopic (exact) mass is 67.0 g/mol. The second-order valence-electron chi connectivity index (χ2n) is 0.811. The van der Waals surface area contributed by atoms with Crippen molar-refractivity contribution in [3.8, 4) is 0 Å². The second kappa shape index (κ2) is 1.01. The summed E-state index contributed by atoms with van der Waals surface area (Å²) in [5, 5.41) is 5.61. The molecule has 0 amide bonds. The first-order valence-corrected chi connectivity index (χ1v) is 1.49. The van der Waals surface area contributed by atoms with Crippen LogP contribution in [0.3, 0.4) is 0 Å². The Balaban J connectivity index is 2.32. The quantitative estimate of drug-likeness (QED) is 0.362. The van der Waals surface area contributed by atoms with Crippen molar-refractivity contribution < 1.29 is 0 Å². The third-order valence-electron chi connectivity index (χ3n) is 0.442. The zero-order valence-corrected chi connectivity index (χ0v) is 2.73. The fourth-order valence-corrected chi connectivity index (χ4v) is 0.241. The van der Waals surface area contributed by atoms with Crippen LogP contribution in [0.1, 0.15) is 0 Å². The predicted octanol–water partition coefficient (Wildman–Crippen LogP) is -0.815. The Labute approximate surface area is 31.5 Å². The van der Waals surface area contributed by atoms with Crippen LogP contribution in [0.5, 0.6) is 0 Å². The van der Waals surface area contributed by atoms with Gasteiger partial charge < -0.3 is 10.5 Å². The average molecular weight is 66.9 g/mol. The number of rotatable bonds is 0. The Morgan fingerprint density at radius 1 is 1.20 bits per heavy atom. The van der Waals surface area contributed by atoms with Gasteiger partial charge in [0.05, 0.1) is 0 Å². The minimum Gasteiger partial charge on any atom is -0.417 e. The maximum atomic E-state index is 2.81. The number of hydrogen-bond donors (Lipinski definition) is 2. The van der Waals surface area contributed by atoms with Gasteiger partial charge in [0.2, 0.25) is 0 Å². The van der Waals surface area contributed by atoms with E-state index in [0.717, 1.165) is 0 Å². The maximum absolute atomic E-state index is 2.81. The molecule has 0 aromatic heterocycles. The second-order valence-corrected chi connectivity index (χ2v) is 0.811. The Bertz CT molecular complexity index is 45.6. The summed E-state index contributed by atoms with van der Waals surface area (Å²) < 4.78 is 0. The molecule has 0 bridgehead atoms. The van der Waals surface area contributed by atoms with Crippen LogP contribution in [-0.2, 0) is 0 Å². The topological polar surface area (TPSA) is 24.1 Å². The van der Waals surface area contributed by atoms with Crippen LogP contribution in [-0.4, -0.2) is 7.55 Å². The fourth-order valence-electron chi connectivity index (χ4n) is 0.241. The summed E-state index contributed by atoms with van der Waals surface area (Å²) in [7, 11) is 1.75. The van der Waals surface area contributed by atoms with Crippen LogP contribution in [0.2, 0.25) is 0 Å². The van der Waals surface area contributed by atoms with E-state index in [1.807, 2.05) is 12.4 Å². The summed E-state index contributed by atoms with van der Waals surface area (Å²) >= 11 is 0. The highest BCUT2D eigenvalue weighted by Crippen LogP contribution is 1.62. The number of hydrogen-bond acceptors (Lipinski definition) is 2. The lowest BCUT2D eigenvalue weighted by atomic mass is 10.2. The van der Waals surface area contributed by atoms with Crippen LogP contribution < -0.4 is 10.5 Å². The molecule has 0 spiro atoms. The van der Waals surface area contributed by atoms with Crippen molar-refractivity contribution in [3.63, 3.8) is 0 Å². The molecule has 1 heterocycles. The molecule has 2 N–H and O–H groups in total. The molecule has 0 unspecified atom stereocenters. The normalized spacial score (nSPS) is 16.0. The largest absolute Gasteiger partial charge is 0.417 e. The van der Waals surface area contributed by atoms with E-state index in [1.165, 1.54) is 0 Å². The van der Waals surface area contributed by atoms with Crippen molar-refractivity contribution in [1.82, 2.24) is 10.5 Å². The van der Waals surface area contributed by atoms with Crippen LogP contribution in [0.4, 0.5) is 0 Å².